The van der Waals surface area contributed by atoms with E-state index in [0.29, 0.717) is 23.7 Å². The topological polar surface area (TPSA) is 84.3 Å². The lowest BCUT2D eigenvalue weighted by Crippen LogP contribution is -2.36. The van der Waals surface area contributed by atoms with E-state index >= 15 is 0 Å². The van der Waals surface area contributed by atoms with Gasteiger partial charge < -0.3 is 10.6 Å². The first-order chi connectivity index (χ1) is 11.1. The Hall–Kier alpha value is -1.66. The molecular weight excluding hydrogens is 330 g/mol. The smallest absolute Gasteiger partial charge is 0.270 e. The van der Waals surface area contributed by atoms with Crippen LogP contribution in [0.1, 0.15) is 54.4 Å². The van der Waals surface area contributed by atoms with Crippen molar-refractivity contribution in [3.63, 3.8) is 0 Å². The van der Waals surface area contributed by atoms with E-state index in [1.807, 2.05) is 0 Å². The van der Waals surface area contributed by atoms with Gasteiger partial charge in [-0.3, -0.25) is 14.9 Å². The molecule has 1 aliphatic carbocycles. The summed E-state index contributed by atoms with van der Waals surface area (Å²) in [5, 5.41) is 17.2. The average Bonchev–Trinajstić information content (AvgIpc) is 2.79. The molecular formula is C17H26ClN3O3. The molecule has 1 amide bonds. The SMILES string of the molecule is Cc1cc(C(=O)NCCNC2CCCCCC2)cc([N+](=O)[O-])c1.Cl. The molecule has 0 bridgehead atoms. The number of aryl methyl sites for hydroxylation is 1. The Kier molecular flexibility index (Phi) is 8.71. The number of nitro benzene ring substituents is 1. The maximum Gasteiger partial charge on any atom is 0.270 e. The van der Waals surface area contributed by atoms with Crippen LogP contribution in [-0.2, 0) is 0 Å². The van der Waals surface area contributed by atoms with Crippen LogP contribution in [0.25, 0.3) is 0 Å². The number of carbonyl (C=O) groups is 1. The maximum absolute atomic E-state index is 12.1. The number of nitrogens with zero attached hydrogens (tertiary/aromatic N) is 1. The molecule has 1 saturated carbocycles. The first kappa shape index (κ1) is 20.4. The van der Waals surface area contributed by atoms with Gasteiger partial charge in [-0.2, -0.15) is 0 Å². The monoisotopic (exact) mass is 355 g/mol. The van der Waals surface area contributed by atoms with Crippen molar-refractivity contribution in [2.24, 2.45) is 0 Å². The van der Waals surface area contributed by atoms with Crippen molar-refractivity contribution in [3.8, 4) is 0 Å². The second-order valence-electron chi connectivity index (χ2n) is 6.21. The van der Waals surface area contributed by atoms with E-state index in [4.69, 9.17) is 0 Å². The van der Waals surface area contributed by atoms with E-state index in [-0.39, 0.29) is 24.0 Å². The Morgan fingerprint density at radius 1 is 1.17 bits per heavy atom. The van der Waals surface area contributed by atoms with Crippen molar-refractivity contribution >= 4 is 24.0 Å². The molecule has 0 saturated heterocycles. The molecule has 0 atom stereocenters. The molecule has 6 nitrogen and oxygen atoms in total. The molecule has 1 aromatic rings. The number of halogens is 1. The maximum atomic E-state index is 12.1. The van der Waals surface area contributed by atoms with Crippen LogP contribution in [0.3, 0.4) is 0 Å². The number of hydrogen-bond acceptors (Lipinski definition) is 4. The lowest BCUT2D eigenvalue weighted by atomic mass is 10.1. The van der Waals surface area contributed by atoms with Crippen LogP contribution in [0.2, 0.25) is 0 Å². The Bertz CT molecular complexity index is 558. The van der Waals surface area contributed by atoms with Gasteiger partial charge in [0.25, 0.3) is 11.6 Å². The van der Waals surface area contributed by atoms with Gasteiger partial charge in [0.05, 0.1) is 4.92 Å². The fourth-order valence-corrected chi connectivity index (χ4v) is 3.04. The highest BCUT2D eigenvalue weighted by molar-refractivity contribution is 5.95. The van der Waals surface area contributed by atoms with Crippen molar-refractivity contribution in [2.45, 2.75) is 51.5 Å². The number of non-ortho nitro benzene ring substituents is 1. The van der Waals surface area contributed by atoms with E-state index in [2.05, 4.69) is 10.6 Å². The fourth-order valence-electron chi connectivity index (χ4n) is 3.04. The molecule has 0 heterocycles. The second kappa shape index (κ2) is 10.3. The summed E-state index contributed by atoms with van der Waals surface area (Å²) in [6, 6.07) is 5.00. The number of nitrogens with one attached hydrogen (secondary N) is 2. The molecule has 2 N–H and O–H groups in total. The van der Waals surface area contributed by atoms with Gasteiger partial charge in [0.2, 0.25) is 0 Å². The molecule has 0 aromatic heterocycles. The van der Waals surface area contributed by atoms with E-state index in [1.165, 1.54) is 50.7 Å². The summed E-state index contributed by atoms with van der Waals surface area (Å²) >= 11 is 0. The molecule has 134 valence electrons. The summed E-state index contributed by atoms with van der Waals surface area (Å²) in [4.78, 5) is 22.5. The highest BCUT2D eigenvalue weighted by Gasteiger charge is 2.14. The Morgan fingerprint density at radius 3 is 2.46 bits per heavy atom. The Balaban J connectivity index is 0.00000288. The summed E-state index contributed by atoms with van der Waals surface area (Å²) in [5.41, 5.74) is 0.999. The Labute approximate surface area is 149 Å². The second-order valence-corrected chi connectivity index (χ2v) is 6.21. The van der Waals surface area contributed by atoms with Gasteiger partial charge in [-0.1, -0.05) is 25.7 Å². The first-order valence-electron chi connectivity index (χ1n) is 8.34. The van der Waals surface area contributed by atoms with Crippen LogP contribution in [0.5, 0.6) is 0 Å². The van der Waals surface area contributed by atoms with Gasteiger partial charge in [0.15, 0.2) is 0 Å². The molecule has 1 aromatic carbocycles. The van der Waals surface area contributed by atoms with Crippen molar-refractivity contribution in [1.82, 2.24) is 10.6 Å². The minimum absolute atomic E-state index is 0. The lowest BCUT2D eigenvalue weighted by molar-refractivity contribution is -0.384. The third-order valence-corrected chi connectivity index (χ3v) is 4.23. The largest absolute Gasteiger partial charge is 0.351 e. The predicted molar refractivity (Wildman–Crippen MR) is 96.9 cm³/mol. The Morgan fingerprint density at radius 2 is 1.83 bits per heavy atom. The highest BCUT2D eigenvalue weighted by Crippen LogP contribution is 2.17. The highest BCUT2D eigenvalue weighted by atomic mass is 35.5. The molecule has 0 radical (unpaired) electrons. The van der Waals surface area contributed by atoms with Gasteiger partial charge >= 0.3 is 0 Å². The molecule has 0 aliphatic heterocycles. The fraction of sp³-hybridized carbons (Fsp3) is 0.588. The van der Waals surface area contributed by atoms with Gasteiger partial charge in [0, 0.05) is 36.8 Å². The number of amides is 1. The average molecular weight is 356 g/mol. The van der Waals surface area contributed by atoms with Crippen molar-refractivity contribution in [3.05, 3.63) is 39.4 Å². The van der Waals surface area contributed by atoms with Gasteiger partial charge in [-0.15, -0.1) is 12.4 Å². The van der Waals surface area contributed by atoms with Gasteiger partial charge in [-0.25, -0.2) is 0 Å². The van der Waals surface area contributed by atoms with Crippen LogP contribution in [-0.4, -0.2) is 30.0 Å². The van der Waals surface area contributed by atoms with Crippen molar-refractivity contribution in [2.75, 3.05) is 13.1 Å². The summed E-state index contributed by atoms with van der Waals surface area (Å²) in [5.74, 6) is -0.264. The van der Waals surface area contributed by atoms with Gasteiger partial charge in [0.1, 0.15) is 0 Å². The molecule has 2 rings (SSSR count). The van der Waals surface area contributed by atoms with Crippen LogP contribution >= 0.6 is 12.4 Å². The summed E-state index contributed by atoms with van der Waals surface area (Å²) in [6.45, 7) is 3.00. The lowest BCUT2D eigenvalue weighted by Gasteiger charge is -2.16. The van der Waals surface area contributed by atoms with E-state index in [9.17, 15) is 14.9 Å². The number of benzene rings is 1. The third-order valence-electron chi connectivity index (χ3n) is 4.23. The quantitative estimate of drug-likeness (QED) is 0.354. The molecule has 0 unspecified atom stereocenters. The normalized spacial score (nSPS) is 15.2. The number of nitro groups is 1. The van der Waals surface area contributed by atoms with Crippen molar-refractivity contribution < 1.29 is 9.72 Å². The minimum atomic E-state index is -0.475. The van der Waals surface area contributed by atoms with Crippen LogP contribution < -0.4 is 10.6 Å². The third kappa shape index (κ3) is 6.45. The van der Waals surface area contributed by atoms with Crippen LogP contribution in [0.15, 0.2) is 18.2 Å². The van der Waals surface area contributed by atoms with E-state index < -0.39 is 4.92 Å². The molecule has 24 heavy (non-hydrogen) atoms. The zero-order valence-electron chi connectivity index (χ0n) is 14.0. The molecule has 7 heteroatoms. The van der Waals surface area contributed by atoms with Gasteiger partial charge in [-0.05, 0) is 31.4 Å². The standard InChI is InChI=1S/C17H25N3O3.ClH/c1-13-10-14(12-16(11-13)20(22)23)17(21)19-9-8-18-15-6-4-2-3-5-7-15;/h10-12,15,18H,2-9H2,1H3,(H,19,21);1H. The zero-order valence-corrected chi connectivity index (χ0v) is 14.9. The zero-order chi connectivity index (χ0) is 16.7. The number of hydrogen-bond donors (Lipinski definition) is 2. The summed E-state index contributed by atoms with van der Waals surface area (Å²) < 4.78 is 0. The number of rotatable bonds is 6. The minimum Gasteiger partial charge on any atom is -0.351 e. The number of carbonyl (C=O) groups excluding carboxylic acids is 1. The predicted octanol–water partition coefficient (Wildman–Crippen LogP) is 3.37. The van der Waals surface area contributed by atoms with Crippen molar-refractivity contribution in [1.29, 1.82) is 0 Å². The summed E-state index contributed by atoms with van der Waals surface area (Å²) in [7, 11) is 0. The molecule has 0 spiro atoms. The summed E-state index contributed by atoms with van der Waals surface area (Å²) in [6.07, 6.45) is 7.60. The van der Waals surface area contributed by atoms with Crippen LogP contribution in [0, 0.1) is 17.0 Å². The molecule has 1 aliphatic rings. The van der Waals surface area contributed by atoms with E-state index in [0.717, 1.165) is 6.54 Å². The van der Waals surface area contributed by atoms with E-state index in [1.54, 1.807) is 13.0 Å². The van der Waals surface area contributed by atoms with Crippen LogP contribution in [0.4, 0.5) is 5.69 Å². The first-order valence-corrected chi connectivity index (χ1v) is 8.34. The molecule has 1 fully saturated rings.